The van der Waals surface area contributed by atoms with Gasteiger partial charge in [-0.25, -0.2) is 0 Å². The molecule has 0 saturated heterocycles. The van der Waals surface area contributed by atoms with Crippen molar-refractivity contribution < 1.29 is 14.7 Å². The fraction of sp³-hybridized carbons (Fsp3) is 0.429. The second-order valence-corrected chi connectivity index (χ2v) is 6.72. The maximum atomic E-state index is 12.0. The maximum Gasteiger partial charge on any atom is 0.317 e. The lowest BCUT2D eigenvalue weighted by atomic mass is 10.1. The molecule has 0 atom stereocenters. The van der Waals surface area contributed by atoms with E-state index in [4.69, 9.17) is 5.11 Å². The summed E-state index contributed by atoms with van der Waals surface area (Å²) in [6.45, 7) is 5.53. The van der Waals surface area contributed by atoms with Crippen molar-refractivity contribution in [3.05, 3.63) is 27.8 Å². The monoisotopic (exact) mass is 390 g/mol. The van der Waals surface area contributed by atoms with E-state index in [1.54, 1.807) is 11.0 Å². The van der Waals surface area contributed by atoms with E-state index in [9.17, 15) is 9.59 Å². The fourth-order valence-corrected chi connectivity index (χ4v) is 2.18. The highest BCUT2D eigenvalue weighted by Crippen LogP contribution is 2.15. The molecule has 0 aliphatic heterocycles. The van der Waals surface area contributed by atoms with Crippen molar-refractivity contribution >= 4 is 40.2 Å². The number of rotatable bonds is 5. The van der Waals surface area contributed by atoms with Crippen LogP contribution in [0, 0.1) is 3.57 Å². The minimum Gasteiger partial charge on any atom is -0.480 e. The van der Waals surface area contributed by atoms with Crippen LogP contribution in [-0.2, 0) is 9.59 Å². The zero-order chi connectivity index (χ0) is 15.3. The third-order valence-corrected chi connectivity index (χ3v) is 3.39. The minimum absolute atomic E-state index is 0.0429. The lowest BCUT2D eigenvalue weighted by Gasteiger charge is -2.33. The second-order valence-electron chi connectivity index (χ2n) is 5.48. The molecule has 1 amide bonds. The number of hydrogen-bond acceptors (Lipinski definition) is 3. The normalized spacial score (nSPS) is 11.4. The van der Waals surface area contributed by atoms with E-state index in [0.29, 0.717) is 5.69 Å². The Morgan fingerprint density at radius 1 is 1.30 bits per heavy atom. The second kappa shape index (κ2) is 7.03. The molecule has 1 aromatic carbocycles. The van der Waals surface area contributed by atoms with Crippen LogP contribution >= 0.6 is 22.6 Å². The summed E-state index contributed by atoms with van der Waals surface area (Å²) in [5, 5.41) is 11.7. The van der Waals surface area contributed by atoms with Crippen LogP contribution in [0.1, 0.15) is 20.8 Å². The summed E-state index contributed by atoms with van der Waals surface area (Å²) in [4.78, 5) is 24.5. The van der Waals surface area contributed by atoms with Gasteiger partial charge in [0.25, 0.3) is 0 Å². The molecular weight excluding hydrogens is 371 g/mol. The standard InChI is InChI=1S/C14H19IN2O3/c1-14(2,3)17(9-13(19)20)8-12(18)16-11-6-4-5-10(15)7-11/h4-7H,8-9H2,1-3H3,(H,16,18)(H,19,20). The number of nitrogens with one attached hydrogen (secondary N) is 1. The molecule has 0 spiro atoms. The first-order valence-corrected chi connectivity index (χ1v) is 7.28. The molecule has 0 heterocycles. The number of carbonyl (C=O) groups is 2. The third-order valence-electron chi connectivity index (χ3n) is 2.72. The van der Waals surface area contributed by atoms with Gasteiger partial charge in [-0.05, 0) is 61.6 Å². The summed E-state index contributed by atoms with van der Waals surface area (Å²) in [7, 11) is 0. The summed E-state index contributed by atoms with van der Waals surface area (Å²) in [6, 6.07) is 7.45. The molecule has 1 rings (SSSR count). The number of hydrogen-bond donors (Lipinski definition) is 2. The quantitative estimate of drug-likeness (QED) is 0.758. The zero-order valence-corrected chi connectivity index (χ0v) is 14.0. The smallest absolute Gasteiger partial charge is 0.317 e. The lowest BCUT2D eigenvalue weighted by molar-refractivity contribution is -0.140. The maximum absolute atomic E-state index is 12.0. The van der Waals surface area contributed by atoms with Gasteiger partial charge < -0.3 is 10.4 Å². The fourth-order valence-electron chi connectivity index (χ4n) is 1.63. The number of halogens is 1. The number of nitrogens with zero attached hydrogens (tertiary/aromatic N) is 1. The highest BCUT2D eigenvalue weighted by Gasteiger charge is 2.25. The Hall–Kier alpha value is -1.15. The average molecular weight is 390 g/mol. The van der Waals surface area contributed by atoms with Crippen molar-refractivity contribution in [1.82, 2.24) is 4.90 Å². The number of anilines is 1. The number of aliphatic carboxylic acids is 1. The van der Waals surface area contributed by atoms with Crippen LogP contribution < -0.4 is 5.32 Å². The molecule has 0 bridgehead atoms. The summed E-state index contributed by atoms with van der Waals surface area (Å²) in [5.74, 6) is -1.16. The van der Waals surface area contributed by atoms with Gasteiger partial charge in [0.15, 0.2) is 0 Å². The first-order valence-electron chi connectivity index (χ1n) is 6.21. The number of carboxylic acid groups (broad SMARTS) is 1. The van der Waals surface area contributed by atoms with Crippen LogP contribution in [0.25, 0.3) is 0 Å². The van der Waals surface area contributed by atoms with Gasteiger partial charge in [0.1, 0.15) is 0 Å². The van der Waals surface area contributed by atoms with Crippen molar-refractivity contribution in [2.45, 2.75) is 26.3 Å². The van der Waals surface area contributed by atoms with E-state index in [1.165, 1.54) is 0 Å². The van der Waals surface area contributed by atoms with Crippen molar-refractivity contribution in [3.63, 3.8) is 0 Å². The van der Waals surface area contributed by atoms with Crippen LogP contribution in [-0.4, -0.2) is 40.5 Å². The van der Waals surface area contributed by atoms with Gasteiger partial charge in [-0.15, -0.1) is 0 Å². The van der Waals surface area contributed by atoms with Gasteiger partial charge >= 0.3 is 5.97 Å². The van der Waals surface area contributed by atoms with Crippen LogP contribution in [0.5, 0.6) is 0 Å². The first-order chi connectivity index (χ1) is 9.18. The Balaban J connectivity index is 2.69. The molecule has 110 valence electrons. The number of amides is 1. The Labute approximate surface area is 132 Å². The number of carbonyl (C=O) groups excluding carboxylic acids is 1. The summed E-state index contributed by atoms with van der Waals surface area (Å²) in [5.41, 5.74) is 0.326. The zero-order valence-electron chi connectivity index (χ0n) is 11.8. The van der Waals surface area contributed by atoms with Crippen LogP contribution in [0.3, 0.4) is 0 Å². The molecular formula is C14H19IN2O3. The predicted octanol–water partition coefficient (Wildman–Crippen LogP) is 2.41. The molecule has 2 N–H and O–H groups in total. The first kappa shape index (κ1) is 16.9. The van der Waals surface area contributed by atoms with Gasteiger partial charge in [0, 0.05) is 14.8 Å². The van der Waals surface area contributed by atoms with Gasteiger partial charge in [-0.3, -0.25) is 14.5 Å². The molecule has 0 unspecified atom stereocenters. The molecule has 0 saturated carbocycles. The molecule has 20 heavy (non-hydrogen) atoms. The molecule has 0 aliphatic rings. The van der Waals surface area contributed by atoms with Gasteiger partial charge in [-0.2, -0.15) is 0 Å². The summed E-state index contributed by atoms with van der Waals surface area (Å²) >= 11 is 2.17. The predicted molar refractivity (Wildman–Crippen MR) is 86.8 cm³/mol. The van der Waals surface area contributed by atoms with Gasteiger partial charge in [0.05, 0.1) is 13.1 Å². The van der Waals surface area contributed by atoms with E-state index in [0.717, 1.165) is 3.57 Å². The van der Waals surface area contributed by atoms with Crippen LogP contribution in [0.4, 0.5) is 5.69 Å². The number of benzene rings is 1. The number of carboxylic acids is 1. The largest absolute Gasteiger partial charge is 0.480 e. The Morgan fingerprint density at radius 2 is 1.95 bits per heavy atom. The van der Waals surface area contributed by atoms with Crippen LogP contribution in [0.15, 0.2) is 24.3 Å². The summed E-state index contributed by atoms with van der Waals surface area (Å²) < 4.78 is 1.03. The van der Waals surface area contributed by atoms with Crippen molar-refractivity contribution in [2.24, 2.45) is 0 Å². The highest BCUT2D eigenvalue weighted by molar-refractivity contribution is 14.1. The molecule has 1 aromatic rings. The molecule has 0 radical (unpaired) electrons. The molecule has 0 aliphatic carbocycles. The Bertz CT molecular complexity index is 497. The van der Waals surface area contributed by atoms with Gasteiger partial charge in [0.2, 0.25) is 5.91 Å². The van der Waals surface area contributed by atoms with E-state index >= 15 is 0 Å². The molecule has 6 heteroatoms. The van der Waals surface area contributed by atoms with E-state index in [-0.39, 0.29) is 24.5 Å². The third kappa shape index (κ3) is 5.87. The van der Waals surface area contributed by atoms with E-state index < -0.39 is 5.97 Å². The van der Waals surface area contributed by atoms with E-state index in [1.807, 2.05) is 39.0 Å². The van der Waals surface area contributed by atoms with Crippen molar-refractivity contribution in [2.75, 3.05) is 18.4 Å². The van der Waals surface area contributed by atoms with Crippen LogP contribution in [0.2, 0.25) is 0 Å². The van der Waals surface area contributed by atoms with E-state index in [2.05, 4.69) is 27.9 Å². The topological polar surface area (TPSA) is 69.6 Å². The van der Waals surface area contributed by atoms with Crippen molar-refractivity contribution in [1.29, 1.82) is 0 Å². The Morgan fingerprint density at radius 3 is 2.45 bits per heavy atom. The molecule has 0 aromatic heterocycles. The average Bonchev–Trinajstić information content (AvgIpc) is 2.26. The Kier molecular flexibility index (Phi) is 5.94. The lowest BCUT2D eigenvalue weighted by Crippen LogP contribution is -2.48. The minimum atomic E-state index is -0.943. The highest BCUT2D eigenvalue weighted by atomic mass is 127. The summed E-state index contributed by atoms with van der Waals surface area (Å²) in [6.07, 6.45) is 0. The van der Waals surface area contributed by atoms with Crippen molar-refractivity contribution in [3.8, 4) is 0 Å². The van der Waals surface area contributed by atoms with Gasteiger partial charge in [-0.1, -0.05) is 6.07 Å². The molecule has 5 nitrogen and oxygen atoms in total. The SMILES string of the molecule is CC(C)(C)N(CC(=O)O)CC(=O)Nc1cccc(I)c1. The molecule has 0 fully saturated rings.